The van der Waals surface area contributed by atoms with E-state index in [0.29, 0.717) is 24.7 Å². The number of hydroxylamine groups is 2. The molecule has 9 heteroatoms. The van der Waals surface area contributed by atoms with Crippen LogP contribution in [0.2, 0.25) is 0 Å². The van der Waals surface area contributed by atoms with Crippen molar-refractivity contribution in [3.63, 3.8) is 0 Å². The van der Waals surface area contributed by atoms with Crippen LogP contribution in [0.3, 0.4) is 0 Å². The van der Waals surface area contributed by atoms with Crippen LogP contribution in [0.4, 0.5) is 0 Å². The van der Waals surface area contributed by atoms with E-state index in [1.165, 1.54) is 19.3 Å². The number of rotatable bonds is 14. The van der Waals surface area contributed by atoms with Crippen LogP contribution in [-0.4, -0.2) is 78.0 Å². The number of pyridine rings is 1. The van der Waals surface area contributed by atoms with Crippen LogP contribution >= 0.6 is 12.2 Å². The first-order valence-electron chi connectivity index (χ1n) is 13.4. The number of carbonyl (C=O) groups excluding carboxylic acids is 1. The molecule has 196 valence electrons. The summed E-state index contributed by atoms with van der Waals surface area (Å²) in [6.45, 7) is 6.40. The van der Waals surface area contributed by atoms with E-state index in [9.17, 15) is 4.79 Å². The average molecular weight is 506 g/mol. The highest BCUT2D eigenvalue weighted by molar-refractivity contribution is 7.80. The maximum absolute atomic E-state index is 13.0. The lowest BCUT2D eigenvalue weighted by molar-refractivity contribution is -0.205. The van der Waals surface area contributed by atoms with Gasteiger partial charge in [0.25, 0.3) is 0 Å². The average Bonchev–Trinajstić information content (AvgIpc) is 2.91. The molecule has 0 aromatic carbocycles. The Bertz CT molecular complexity index is 727. The third-order valence-corrected chi connectivity index (χ3v) is 6.96. The van der Waals surface area contributed by atoms with E-state index in [-0.39, 0.29) is 11.9 Å². The van der Waals surface area contributed by atoms with Gasteiger partial charge in [0.2, 0.25) is 5.91 Å². The first kappa shape index (κ1) is 27.8. The summed E-state index contributed by atoms with van der Waals surface area (Å²) >= 11 is 5.34. The van der Waals surface area contributed by atoms with Crippen LogP contribution in [0.25, 0.3) is 0 Å². The highest BCUT2D eigenvalue weighted by atomic mass is 32.1. The molecule has 0 radical (unpaired) electrons. The second-order valence-corrected chi connectivity index (χ2v) is 9.84. The van der Waals surface area contributed by atoms with Gasteiger partial charge in [0, 0.05) is 51.5 Å². The van der Waals surface area contributed by atoms with Crippen LogP contribution in [-0.2, 0) is 20.9 Å². The predicted octanol–water partition coefficient (Wildman–Crippen LogP) is 3.42. The predicted molar refractivity (Wildman–Crippen MR) is 142 cm³/mol. The third kappa shape index (κ3) is 11.2. The van der Waals surface area contributed by atoms with Gasteiger partial charge in [0.15, 0.2) is 5.11 Å². The van der Waals surface area contributed by atoms with Crippen LogP contribution < -0.4 is 10.6 Å². The van der Waals surface area contributed by atoms with Gasteiger partial charge in [0.1, 0.15) is 0 Å². The lowest BCUT2D eigenvalue weighted by atomic mass is 9.95. The third-order valence-electron chi connectivity index (χ3n) is 6.67. The number of amides is 1. The van der Waals surface area contributed by atoms with Crippen molar-refractivity contribution in [1.29, 1.82) is 0 Å². The molecule has 3 rings (SSSR count). The van der Waals surface area contributed by atoms with Gasteiger partial charge in [-0.05, 0) is 49.5 Å². The molecular formula is C26H43N5O3S. The Morgan fingerprint density at radius 3 is 2.71 bits per heavy atom. The van der Waals surface area contributed by atoms with Crippen molar-refractivity contribution in [2.45, 2.75) is 76.8 Å². The summed E-state index contributed by atoms with van der Waals surface area (Å²) in [5.41, 5.74) is 1.11. The van der Waals surface area contributed by atoms with Crippen molar-refractivity contribution >= 4 is 23.2 Å². The Balaban J connectivity index is 1.26. The number of hydrogen-bond donors (Lipinski definition) is 2. The highest BCUT2D eigenvalue weighted by Gasteiger charge is 2.26. The van der Waals surface area contributed by atoms with Crippen molar-refractivity contribution in [2.24, 2.45) is 0 Å². The van der Waals surface area contributed by atoms with E-state index in [2.05, 4.69) is 20.5 Å². The van der Waals surface area contributed by atoms with E-state index in [1.54, 1.807) is 11.3 Å². The molecule has 1 saturated heterocycles. The van der Waals surface area contributed by atoms with Crippen LogP contribution in [0.15, 0.2) is 24.5 Å². The van der Waals surface area contributed by atoms with Gasteiger partial charge in [-0.2, -0.15) is 0 Å². The minimum Gasteiger partial charge on any atom is -0.379 e. The van der Waals surface area contributed by atoms with Gasteiger partial charge < -0.3 is 15.4 Å². The molecular weight excluding hydrogens is 462 g/mol. The molecule has 1 saturated carbocycles. The molecule has 35 heavy (non-hydrogen) atoms. The maximum atomic E-state index is 13.0. The summed E-state index contributed by atoms with van der Waals surface area (Å²) in [6.07, 6.45) is 14.0. The number of ether oxygens (including phenoxy) is 1. The zero-order valence-corrected chi connectivity index (χ0v) is 21.9. The largest absolute Gasteiger partial charge is 0.379 e. The molecule has 1 amide bonds. The maximum Gasteiger partial charge on any atom is 0.246 e. The van der Waals surface area contributed by atoms with Crippen LogP contribution in [0.1, 0.15) is 69.8 Å². The number of aromatic nitrogens is 1. The smallest absolute Gasteiger partial charge is 0.246 e. The van der Waals surface area contributed by atoms with Crippen molar-refractivity contribution < 1.29 is 14.4 Å². The second-order valence-electron chi connectivity index (χ2n) is 9.43. The van der Waals surface area contributed by atoms with Crippen molar-refractivity contribution in [1.82, 2.24) is 25.6 Å². The molecule has 0 atom stereocenters. The van der Waals surface area contributed by atoms with Gasteiger partial charge in [0.05, 0.1) is 25.9 Å². The van der Waals surface area contributed by atoms with E-state index < -0.39 is 0 Å². The molecule has 2 aliphatic rings. The summed E-state index contributed by atoms with van der Waals surface area (Å²) < 4.78 is 5.42. The van der Waals surface area contributed by atoms with E-state index in [1.807, 2.05) is 18.3 Å². The zero-order chi connectivity index (χ0) is 24.6. The fraction of sp³-hybridized carbons (Fsp3) is 0.731. The first-order valence-corrected chi connectivity index (χ1v) is 13.8. The fourth-order valence-electron chi connectivity index (χ4n) is 4.60. The number of hydrogen-bond acceptors (Lipinski definition) is 6. The number of unbranched alkanes of at least 4 members (excludes halogenated alkanes) is 3. The number of nitrogens with zero attached hydrogens (tertiary/aromatic N) is 3. The molecule has 1 aliphatic heterocycles. The lowest BCUT2D eigenvalue weighted by Gasteiger charge is -2.34. The molecule has 2 N–H and O–H groups in total. The number of thiocarbonyl (C=S) groups is 1. The fourth-order valence-corrected chi connectivity index (χ4v) is 4.78. The molecule has 0 spiro atoms. The van der Waals surface area contributed by atoms with Crippen molar-refractivity contribution in [3.8, 4) is 0 Å². The Kier molecular flexibility index (Phi) is 13.3. The van der Waals surface area contributed by atoms with E-state index >= 15 is 0 Å². The molecule has 1 aromatic rings. The van der Waals surface area contributed by atoms with Gasteiger partial charge in [-0.25, -0.2) is 5.06 Å². The normalized spacial score (nSPS) is 17.1. The molecule has 2 fully saturated rings. The topological polar surface area (TPSA) is 79.0 Å². The van der Waals surface area contributed by atoms with E-state index in [0.717, 1.165) is 83.5 Å². The number of carbonyl (C=O) groups is 1. The van der Waals surface area contributed by atoms with Gasteiger partial charge >= 0.3 is 0 Å². The van der Waals surface area contributed by atoms with Crippen LogP contribution in [0, 0.1) is 0 Å². The summed E-state index contributed by atoms with van der Waals surface area (Å²) in [7, 11) is 0. The Hall–Kier alpha value is -1.81. The molecule has 0 unspecified atom stereocenters. The molecule has 8 nitrogen and oxygen atoms in total. The summed E-state index contributed by atoms with van der Waals surface area (Å²) in [5.74, 6) is 0.151. The van der Waals surface area contributed by atoms with E-state index in [4.69, 9.17) is 21.8 Å². The summed E-state index contributed by atoms with van der Waals surface area (Å²) in [4.78, 5) is 25.6. The minimum atomic E-state index is 0.151. The lowest BCUT2D eigenvalue weighted by Crippen LogP contribution is -2.44. The molecule has 2 heterocycles. The number of nitrogens with one attached hydrogen (secondary N) is 2. The van der Waals surface area contributed by atoms with Gasteiger partial charge in [-0.15, -0.1) is 0 Å². The Labute approximate surface area is 216 Å². The highest BCUT2D eigenvalue weighted by Crippen LogP contribution is 2.24. The SMILES string of the molecule is O=C(CCCCCCNC(=S)NCc1cccnc1)N(OCCN1CCOCC1)C1CCCCC1. The first-order chi connectivity index (χ1) is 17.2. The standard InChI is InChI=1S/C26H43N5O3S/c32-25(12-6-1-2-7-14-28-26(35)29-22-23-9-8-13-27-21-23)31(24-10-4-3-5-11-24)34-20-17-30-15-18-33-19-16-30/h8-9,13,21,24H,1-7,10-12,14-20,22H2,(H2,28,29,35). The Morgan fingerprint density at radius 1 is 1.14 bits per heavy atom. The monoisotopic (exact) mass is 505 g/mol. The molecule has 1 aliphatic carbocycles. The van der Waals surface area contributed by atoms with Crippen molar-refractivity contribution in [3.05, 3.63) is 30.1 Å². The number of morpholine rings is 1. The zero-order valence-electron chi connectivity index (χ0n) is 21.1. The summed E-state index contributed by atoms with van der Waals surface area (Å²) in [6, 6.07) is 4.18. The Morgan fingerprint density at radius 2 is 1.94 bits per heavy atom. The summed E-state index contributed by atoms with van der Waals surface area (Å²) in [5, 5.41) is 8.87. The molecule has 1 aromatic heterocycles. The quantitative estimate of drug-likeness (QED) is 0.226. The molecule has 0 bridgehead atoms. The van der Waals surface area contributed by atoms with Crippen LogP contribution in [0.5, 0.6) is 0 Å². The minimum absolute atomic E-state index is 0.151. The van der Waals surface area contributed by atoms with Gasteiger partial charge in [-0.1, -0.05) is 38.2 Å². The van der Waals surface area contributed by atoms with Gasteiger partial charge in [-0.3, -0.25) is 19.5 Å². The van der Waals surface area contributed by atoms with Crippen molar-refractivity contribution in [2.75, 3.05) is 46.0 Å². The second kappa shape index (κ2) is 16.8.